The van der Waals surface area contributed by atoms with E-state index in [0.29, 0.717) is 26.2 Å². The highest BCUT2D eigenvalue weighted by Crippen LogP contribution is 1.82. The van der Waals surface area contributed by atoms with Crippen LogP contribution in [0.4, 0.5) is 14.4 Å². The predicted octanol–water partition coefficient (Wildman–Crippen LogP) is 2.51. The molecule has 0 aromatic carbocycles. The van der Waals surface area contributed by atoms with E-state index in [1.165, 1.54) is 0 Å². The number of ether oxygens (including phenoxy) is 5. The minimum Gasteiger partial charge on any atom is -0.466 e. The van der Waals surface area contributed by atoms with E-state index < -0.39 is 18.5 Å². The lowest BCUT2D eigenvalue weighted by Crippen LogP contribution is -2.10. The molecule has 0 aliphatic rings. The molecule has 0 fully saturated rings. The monoisotopic (exact) mass is 370 g/mol. The number of esters is 1. The van der Waals surface area contributed by atoms with E-state index in [1.54, 1.807) is 27.7 Å². The van der Waals surface area contributed by atoms with E-state index in [9.17, 15) is 19.2 Å². The van der Waals surface area contributed by atoms with Crippen LogP contribution in [0.25, 0.3) is 0 Å². The van der Waals surface area contributed by atoms with Crippen LogP contribution in [0.1, 0.15) is 34.1 Å². The Morgan fingerprint density at radius 2 is 1.00 bits per heavy atom. The van der Waals surface area contributed by atoms with Crippen LogP contribution in [0.2, 0.25) is 0 Å². The van der Waals surface area contributed by atoms with Crippen molar-refractivity contribution in [2.45, 2.75) is 34.1 Å². The van der Waals surface area contributed by atoms with Gasteiger partial charge in [-0.05, 0) is 20.8 Å². The number of carboxylic acid groups (broad SMARTS) is 2. The first-order chi connectivity index (χ1) is 11.7. The summed E-state index contributed by atoms with van der Waals surface area (Å²) < 4.78 is 21.2. The van der Waals surface area contributed by atoms with E-state index in [0.717, 1.165) is 0 Å². The molecule has 0 unspecified atom stereocenters. The summed E-state index contributed by atoms with van der Waals surface area (Å²) in [6.07, 6.45) is -3.01. The average Bonchev–Trinajstić information content (AvgIpc) is 2.53. The zero-order valence-corrected chi connectivity index (χ0v) is 14.8. The lowest BCUT2D eigenvalue weighted by atomic mass is 10.5. The van der Waals surface area contributed by atoms with Gasteiger partial charge >= 0.3 is 24.4 Å². The molecular weight excluding hydrogens is 344 g/mol. The van der Waals surface area contributed by atoms with Gasteiger partial charge in [-0.25, -0.2) is 14.4 Å². The summed E-state index contributed by atoms with van der Waals surface area (Å²) in [5.41, 5.74) is 0. The molecule has 0 aliphatic carbocycles. The standard InChI is InChI=1S/C5H10O3.C5H10O2.C4H6O6/c1-3-7-5(6)8-4-2;1-3-5(6)7-4-2;5-3(6)9-1-2-10-4(7)8/h3-4H2,1-2H3;3-4H2,1-2H3;1-2H2,(H,5,6)(H,7,8). The minimum absolute atomic E-state index is 0.123. The van der Waals surface area contributed by atoms with E-state index in [1.807, 2.05) is 0 Å². The minimum atomic E-state index is -1.45. The molecular formula is C14H26O11. The molecule has 0 aliphatic heterocycles. The highest BCUT2D eigenvalue weighted by atomic mass is 16.7. The maximum Gasteiger partial charge on any atom is 0.508 e. The Bertz CT molecular complexity index is 344. The molecule has 11 nitrogen and oxygen atoms in total. The van der Waals surface area contributed by atoms with Crippen molar-refractivity contribution >= 4 is 24.4 Å². The Kier molecular flexibility index (Phi) is 23.1. The van der Waals surface area contributed by atoms with Crippen molar-refractivity contribution in [3.63, 3.8) is 0 Å². The van der Waals surface area contributed by atoms with E-state index in [2.05, 4.69) is 23.7 Å². The number of hydrogen-bond donors (Lipinski definition) is 2. The Morgan fingerprint density at radius 1 is 0.640 bits per heavy atom. The summed E-state index contributed by atoms with van der Waals surface area (Å²) in [7, 11) is 0. The van der Waals surface area contributed by atoms with Crippen LogP contribution in [-0.4, -0.2) is 67.7 Å². The topological polar surface area (TPSA) is 155 Å². The molecule has 0 saturated heterocycles. The van der Waals surface area contributed by atoms with Crippen molar-refractivity contribution in [3.8, 4) is 0 Å². The molecule has 0 bridgehead atoms. The van der Waals surface area contributed by atoms with Gasteiger partial charge in [0.05, 0.1) is 19.8 Å². The van der Waals surface area contributed by atoms with Crippen LogP contribution in [0.5, 0.6) is 0 Å². The van der Waals surface area contributed by atoms with Crippen LogP contribution >= 0.6 is 0 Å². The summed E-state index contributed by atoms with van der Waals surface area (Å²) in [4.78, 5) is 39.6. The quantitative estimate of drug-likeness (QED) is 0.385. The molecule has 0 heterocycles. The first kappa shape index (κ1) is 27.1. The zero-order valence-electron chi connectivity index (χ0n) is 14.8. The molecule has 0 saturated carbocycles. The summed E-state index contributed by atoms with van der Waals surface area (Å²) >= 11 is 0. The van der Waals surface area contributed by atoms with Crippen LogP contribution in [0.15, 0.2) is 0 Å². The van der Waals surface area contributed by atoms with Gasteiger partial charge in [-0.15, -0.1) is 0 Å². The van der Waals surface area contributed by atoms with Crippen molar-refractivity contribution < 1.29 is 53.1 Å². The van der Waals surface area contributed by atoms with Gasteiger partial charge in [-0.2, -0.15) is 0 Å². The molecule has 0 atom stereocenters. The molecule has 0 radical (unpaired) electrons. The largest absolute Gasteiger partial charge is 0.508 e. The van der Waals surface area contributed by atoms with E-state index >= 15 is 0 Å². The third kappa shape index (κ3) is 33.9. The van der Waals surface area contributed by atoms with Gasteiger partial charge in [0, 0.05) is 6.42 Å². The number of carbonyl (C=O) groups excluding carboxylic acids is 2. The van der Waals surface area contributed by atoms with Gasteiger partial charge in [0.2, 0.25) is 0 Å². The fraction of sp³-hybridized carbons (Fsp3) is 0.714. The van der Waals surface area contributed by atoms with Crippen molar-refractivity contribution in [2.75, 3.05) is 33.0 Å². The van der Waals surface area contributed by atoms with Crippen LogP contribution in [0.3, 0.4) is 0 Å². The van der Waals surface area contributed by atoms with Crippen molar-refractivity contribution in [2.24, 2.45) is 0 Å². The van der Waals surface area contributed by atoms with Crippen LogP contribution in [-0.2, 0) is 28.5 Å². The van der Waals surface area contributed by atoms with Gasteiger partial charge in [0.15, 0.2) is 0 Å². The number of carbonyl (C=O) groups is 4. The van der Waals surface area contributed by atoms with E-state index in [4.69, 9.17) is 10.2 Å². The second-order valence-corrected chi connectivity index (χ2v) is 3.50. The van der Waals surface area contributed by atoms with Gasteiger partial charge in [0.25, 0.3) is 0 Å². The molecule has 148 valence electrons. The molecule has 0 rings (SSSR count). The second-order valence-electron chi connectivity index (χ2n) is 3.50. The SMILES string of the molecule is CCOC(=O)CC.CCOC(=O)OCC.O=C(O)OCCOC(=O)O. The predicted molar refractivity (Wildman–Crippen MR) is 83.5 cm³/mol. The van der Waals surface area contributed by atoms with Crippen molar-refractivity contribution in [1.82, 2.24) is 0 Å². The molecule has 25 heavy (non-hydrogen) atoms. The molecule has 0 aromatic rings. The lowest BCUT2D eigenvalue weighted by Gasteiger charge is -1.98. The van der Waals surface area contributed by atoms with Crippen molar-refractivity contribution in [3.05, 3.63) is 0 Å². The Balaban J connectivity index is -0.000000296. The normalized spacial score (nSPS) is 8.32. The molecule has 0 spiro atoms. The highest BCUT2D eigenvalue weighted by Gasteiger charge is 1.98. The molecule has 2 N–H and O–H groups in total. The lowest BCUT2D eigenvalue weighted by molar-refractivity contribution is -0.142. The smallest absolute Gasteiger partial charge is 0.466 e. The van der Waals surface area contributed by atoms with Gasteiger partial charge in [-0.3, -0.25) is 4.79 Å². The van der Waals surface area contributed by atoms with Crippen LogP contribution < -0.4 is 0 Å². The Hall–Kier alpha value is -2.72. The third-order valence-corrected chi connectivity index (χ3v) is 1.65. The summed E-state index contributed by atoms with van der Waals surface area (Å²) in [6, 6.07) is 0. The third-order valence-electron chi connectivity index (χ3n) is 1.65. The van der Waals surface area contributed by atoms with E-state index in [-0.39, 0.29) is 19.2 Å². The fourth-order valence-corrected chi connectivity index (χ4v) is 0.798. The Labute approximate surface area is 145 Å². The van der Waals surface area contributed by atoms with Crippen LogP contribution in [0, 0.1) is 0 Å². The first-order valence-electron chi connectivity index (χ1n) is 7.41. The average molecular weight is 370 g/mol. The first-order valence-corrected chi connectivity index (χ1v) is 7.41. The summed E-state index contributed by atoms with van der Waals surface area (Å²) in [5, 5.41) is 15.7. The maximum atomic E-state index is 10.2. The molecule has 0 aromatic heterocycles. The fourth-order valence-electron chi connectivity index (χ4n) is 0.798. The summed E-state index contributed by atoms with van der Waals surface area (Å²) in [6.45, 7) is 7.73. The number of hydrogen-bond acceptors (Lipinski definition) is 9. The summed E-state index contributed by atoms with van der Waals surface area (Å²) in [5.74, 6) is -0.123. The van der Waals surface area contributed by atoms with Gasteiger partial charge < -0.3 is 33.9 Å². The van der Waals surface area contributed by atoms with Gasteiger partial charge in [0.1, 0.15) is 13.2 Å². The Morgan fingerprint density at radius 3 is 1.20 bits per heavy atom. The zero-order chi connectivity index (χ0) is 20.1. The second kappa shape index (κ2) is 21.3. The molecule has 11 heteroatoms. The van der Waals surface area contributed by atoms with Gasteiger partial charge in [-0.1, -0.05) is 6.92 Å². The number of rotatable bonds is 7. The highest BCUT2D eigenvalue weighted by molar-refractivity contribution is 5.68. The van der Waals surface area contributed by atoms with Crippen molar-refractivity contribution in [1.29, 1.82) is 0 Å². The molecule has 0 amide bonds. The maximum absolute atomic E-state index is 10.2.